The molecule has 9 heavy (non-hydrogen) atoms. The van der Waals surface area contributed by atoms with Gasteiger partial charge in [0.1, 0.15) is 0 Å². The zero-order valence-corrected chi connectivity index (χ0v) is 6.81. The topological polar surface area (TPSA) is 0 Å². The lowest BCUT2D eigenvalue weighted by Gasteiger charge is -2.01. The van der Waals surface area contributed by atoms with Crippen LogP contribution >= 0.6 is 0 Å². The molecule has 0 aliphatic carbocycles. The summed E-state index contributed by atoms with van der Waals surface area (Å²) in [5.41, 5.74) is 1.44. The fraction of sp³-hybridized carbons (Fsp3) is 0.556. The highest BCUT2D eigenvalue weighted by atomic mass is 14.0. The normalized spacial score (nSPS) is 13.7. The van der Waals surface area contributed by atoms with E-state index >= 15 is 0 Å². The molecular weight excluding hydrogens is 108 g/mol. The van der Waals surface area contributed by atoms with Crippen molar-refractivity contribution in [3.8, 4) is 0 Å². The Bertz CT molecular complexity index is 116. The first-order valence-electron chi connectivity index (χ1n) is 3.48. The first-order chi connectivity index (χ1) is 4.18. The van der Waals surface area contributed by atoms with Crippen molar-refractivity contribution in [3.63, 3.8) is 0 Å². The van der Waals surface area contributed by atoms with Crippen LogP contribution in [0.2, 0.25) is 0 Å². The number of hydrogen-bond donors (Lipinski definition) is 0. The van der Waals surface area contributed by atoms with Crippen molar-refractivity contribution in [1.29, 1.82) is 0 Å². The Labute approximate surface area is 58.3 Å². The van der Waals surface area contributed by atoms with Crippen LogP contribution in [0.3, 0.4) is 0 Å². The van der Waals surface area contributed by atoms with Gasteiger partial charge in [-0.3, -0.25) is 0 Å². The van der Waals surface area contributed by atoms with E-state index in [0.29, 0.717) is 5.92 Å². The Morgan fingerprint density at radius 2 is 1.89 bits per heavy atom. The fourth-order valence-electron chi connectivity index (χ4n) is 0.440. The van der Waals surface area contributed by atoms with Crippen LogP contribution in [0.4, 0.5) is 0 Å². The Morgan fingerprint density at radius 3 is 2.22 bits per heavy atom. The minimum Gasteiger partial charge on any atom is -0.0877 e. The molecule has 0 bridgehead atoms. The molecule has 0 aliphatic rings. The first kappa shape index (κ1) is 8.48. The van der Waals surface area contributed by atoms with Gasteiger partial charge < -0.3 is 0 Å². The predicted octanol–water partition coefficient (Wildman–Crippen LogP) is 3.16. The highest BCUT2D eigenvalue weighted by molar-refractivity contribution is 5.11. The fourth-order valence-corrected chi connectivity index (χ4v) is 0.440. The average molecular weight is 124 g/mol. The molecule has 52 valence electrons. The van der Waals surface area contributed by atoms with Gasteiger partial charge in [0.15, 0.2) is 0 Å². The predicted molar refractivity (Wildman–Crippen MR) is 43.4 cm³/mol. The van der Waals surface area contributed by atoms with Gasteiger partial charge in [0, 0.05) is 0 Å². The molecule has 0 amide bonds. The van der Waals surface area contributed by atoms with Gasteiger partial charge in [-0.2, -0.15) is 0 Å². The Hall–Kier alpha value is -0.520. The summed E-state index contributed by atoms with van der Waals surface area (Å²) in [6.45, 7) is 8.60. The average Bonchev–Trinajstić information content (AvgIpc) is 1.82. The summed E-state index contributed by atoms with van der Waals surface area (Å²) in [7, 11) is 0. The van der Waals surface area contributed by atoms with Crippen LogP contribution in [0.25, 0.3) is 0 Å². The van der Waals surface area contributed by atoms with E-state index in [1.165, 1.54) is 5.57 Å². The van der Waals surface area contributed by atoms with Gasteiger partial charge >= 0.3 is 0 Å². The lowest BCUT2D eigenvalue weighted by Crippen LogP contribution is -1.86. The van der Waals surface area contributed by atoms with Gasteiger partial charge in [0.25, 0.3) is 0 Å². The van der Waals surface area contributed by atoms with E-state index in [1.54, 1.807) is 0 Å². The van der Waals surface area contributed by atoms with Crippen LogP contribution in [0.15, 0.2) is 23.8 Å². The van der Waals surface area contributed by atoms with Crippen molar-refractivity contribution in [2.24, 2.45) is 5.92 Å². The van der Waals surface area contributed by atoms with Crippen LogP contribution in [0, 0.1) is 5.92 Å². The van der Waals surface area contributed by atoms with Crippen molar-refractivity contribution < 1.29 is 0 Å². The van der Waals surface area contributed by atoms with Gasteiger partial charge in [-0.05, 0) is 19.8 Å². The van der Waals surface area contributed by atoms with E-state index in [-0.39, 0.29) is 0 Å². The minimum atomic E-state index is 0.682. The molecule has 0 aromatic carbocycles. The maximum absolute atomic E-state index is 2.20. The Balaban J connectivity index is 3.84. The molecule has 0 atom stereocenters. The summed E-state index contributed by atoms with van der Waals surface area (Å²) in [6.07, 6.45) is 6.28. The largest absolute Gasteiger partial charge is 0.0877 e. The lowest BCUT2D eigenvalue weighted by atomic mass is 10.1. The zero-order chi connectivity index (χ0) is 7.28. The zero-order valence-electron chi connectivity index (χ0n) is 6.81. The van der Waals surface area contributed by atoms with E-state index < -0.39 is 0 Å². The molecule has 0 N–H and O–H groups in total. The number of allylic oxidation sites excluding steroid dienone is 4. The molecule has 0 rings (SSSR count). The molecule has 0 aromatic rings. The smallest absolute Gasteiger partial charge is 0.0260 e. The summed E-state index contributed by atoms with van der Waals surface area (Å²) < 4.78 is 0. The summed E-state index contributed by atoms with van der Waals surface area (Å²) >= 11 is 0. The first-order valence-corrected chi connectivity index (χ1v) is 3.48. The Morgan fingerprint density at radius 1 is 1.33 bits per heavy atom. The van der Waals surface area contributed by atoms with Crippen LogP contribution in [-0.2, 0) is 0 Å². The molecular formula is C9H16. The van der Waals surface area contributed by atoms with Crippen LogP contribution in [0.1, 0.15) is 27.7 Å². The van der Waals surface area contributed by atoms with Crippen molar-refractivity contribution in [2.75, 3.05) is 0 Å². The second kappa shape index (κ2) is 4.37. The van der Waals surface area contributed by atoms with Crippen LogP contribution in [-0.4, -0.2) is 0 Å². The summed E-state index contributed by atoms with van der Waals surface area (Å²) in [4.78, 5) is 0. The molecule has 0 aliphatic heterocycles. The molecule has 0 saturated carbocycles. The summed E-state index contributed by atoms with van der Waals surface area (Å²) in [6, 6.07) is 0. The van der Waals surface area contributed by atoms with E-state index in [2.05, 4.69) is 32.9 Å². The lowest BCUT2D eigenvalue weighted by molar-refractivity contribution is 0.769. The van der Waals surface area contributed by atoms with Gasteiger partial charge in [0.2, 0.25) is 0 Å². The van der Waals surface area contributed by atoms with Crippen LogP contribution < -0.4 is 0 Å². The molecule has 0 heteroatoms. The van der Waals surface area contributed by atoms with Crippen LogP contribution in [0.5, 0.6) is 0 Å². The van der Waals surface area contributed by atoms with Gasteiger partial charge in [0.05, 0.1) is 0 Å². The second-order valence-corrected chi connectivity index (χ2v) is 2.59. The van der Waals surface area contributed by atoms with Gasteiger partial charge in [-0.1, -0.05) is 37.6 Å². The monoisotopic (exact) mass is 124 g/mol. The highest BCUT2D eigenvalue weighted by Crippen LogP contribution is 2.06. The van der Waals surface area contributed by atoms with E-state index in [1.807, 2.05) is 13.0 Å². The molecule has 0 unspecified atom stereocenters. The molecule has 0 radical (unpaired) electrons. The van der Waals surface area contributed by atoms with E-state index in [4.69, 9.17) is 0 Å². The van der Waals surface area contributed by atoms with E-state index in [0.717, 1.165) is 0 Å². The second-order valence-electron chi connectivity index (χ2n) is 2.59. The highest BCUT2D eigenvalue weighted by Gasteiger charge is 1.91. The molecule has 0 saturated heterocycles. The third-order valence-electron chi connectivity index (χ3n) is 1.46. The third kappa shape index (κ3) is 4.01. The molecule has 0 spiro atoms. The minimum absolute atomic E-state index is 0.682. The summed E-state index contributed by atoms with van der Waals surface area (Å²) in [5.74, 6) is 0.682. The summed E-state index contributed by atoms with van der Waals surface area (Å²) in [5, 5.41) is 0. The number of rotatable bonds is 2. The van der Waals surface area contributed by atoms with Gasteiger partial charge in [-0.25, -0.2) is 0 Å². The molecule has 0 fully saturated rings. The third-order valence-corrected chi connectivity index (χ3v) is 1.46. The van der Waals surface area contributed by atoms with Crippen molar-refractivity contribution >= 4 is 0 Å². The van der Waals surface area contributed by atoms with Crippen molar-refractivity contribution in [3.05, 3.63) is 23.8 Å². The van der Waals surface area contributed by atoms with Crippen molar-refractivity contribution in [1.82, 2.24) is 0 Å². The maximum Gasteiger partial charge on any atom is -0.0260 e. The molecule has 0 nitrogen and oxygen atoms in total. The maximum atomic E-state index is 2.20. The standard InChI is InChI=1S/C9H16/c1-5-6-7-9(4)8(2)3/h5-8H,1-4H3/b6-5+,9-7+. The van der Waals surface area contributed by atoms with Gasteiger partial charge in [-0.15, -0.1) is 0 Å². The number of hydrogen-bond acceptors (Lipinski definition) is 0. The molecule has 0 aromatic heterocycles. The van der Waals surface area contributed by atoms with E-state index in [9.17, 15) is 0 Å². The quantitative estimate of drug-likeness (QED) is 0.496. The van der Waals surface area contributed by atoms with Crippen molar-refractivity contribution in [2.45, 2.75) is 27.7 Å². The molecule has 0 heterocycles. The Kier molecular flexibility index (Phi) is 4.12. The SMILES string of the molecule is C/C=C/C=C(\C)C(C)C.